The number of benzene rings is 1. The third kappa shape index (κ3) is 5.23. The maximum Gasteiger partial charge on any atom is 0.274 e. The zero-order valence-electron chi connectivity index (χ0n) is 21.6. The molecule has 4 heterocycles. The van der Waals surface area contributed by atoms with Crippen LogP contribution in [0.25, 0.3) is 16.8 Å². The van der Waals surface area contributed by atoms with Crippen LogP contribution in [0, 0.1) is 17.0 Å². The summed E-state index contributed by atoms with van der Waals surface area (Å²) in [6, 6.07) is 7.41. The number of hydrogen-bond donors (Lipinski definition) is 3. The van der Waals surface area contributed by atoms with Gasteiger partial charge in [0, 0.05) is 6.20 Å². The molecule has 0 bridgehead atoms. The molecular formula is C27H24F2N8O2S. The fraction of sp³-hybridized carbons (Fsp3) is 0.185. The average Bonchev–Trinajstić information content (AvgIpc) is 3.36. The van der Waals surface area contributed by atoms with Crippen molar-refractivity contribution in [2.75, 3.05) is 11.1 Å². The number of nitrogens with one attached hydrogen (secondary N) is 2. The molecule has 10 nitrogen and oxygen atoms in total. The van der Waals surface area contributed by atoms with E-state index in [4.69, 9.17) is 15.9 Å². The van der Waals surface area contributed by atoms with Crippen molar-refractivity contribution in [3.8, 4) is 16.3 Å². The van der Waals surface area contributed by atoms with E-state index in [1.54, 1.807) is 13.0 Å². The Bertz CT molecular complexity index is 1800. The van der Waals surface area contributed by atoms with Crippen molar-refractivity contribution < 1.29 is 13.5 Å². The number of fused-ring (bicyclic) bond motifs is 1. The maximum atomic E-state index is 14.2. The van der Waals surface area contributed by atoms with Gasteiger partial charge in [0.05, 0.1) is 45.8 Å². The van der Waals surface area contributed by atoms with E-state index in [0.717, 1.165) is 10.6 Å². The summed E-state index contributed by atoms with van der Waals surface area (Å²) in [6.45, 7) is 5.48. The summed E-state index contributed by atoms with van der Waals surface area (Å²) in [5, 5.41) is 12.4. The van der Waals surface area contributed by atoms with Crippen molar-refractivity contribution in [2.24, 2.45) is 0 Å². The zero-order chi connectivity index (χ0) is 28.6. The van der Waals surface area contributed by atoms with Gasteiger partial charge in [-0.05, 0) is 50.6 Å². The highest BCUT2D eigenvalue weighted by atomic mass is 32.1. The van der Waals surface area contributed by atoms with Crippen LogP contribution in [0.4, 0.5) is 20.4 Å². The molecule has 1 atom stereocenters. The molecule has 0 aliphatic carbocycles. The van der Waals surface area contributed by atoms with Crippen LogP contribution in [0.5, 0.6) is 5.19 Å². The number of pyridine rings is 1. The molecule has 0 radical (unpaired) electrons. The van der Waals surface area contributed by atoms with E-state index in [1.807, 2.05) is 13.8 Å². The molecule has 0 amide bonds. The summed E-state index contributed by atoms with van der Waals surface area (Å²) in [5.41, 5.74) is 6.69. The second-order valence-electron chi connectivity index (χ2n) is 9.14. The summed E-state index contributed by atoms with van der Waals surface area (Å²) in [6.07, 6.45) is 3.71. The maximum absolute atomic E-state index is 14.2. The standard InChI is InChI=1S/C27H24F2N8O2S/c1-13(2)39-27-32-10-18(40-27)22(30)21-24(31)33-12-34-25(21)35-14(3)23-20(15-5-4-6-16(28)9-15)26(38)37-11-17(29)7-8-19(37)36-23/h4-14,30H,1-3H3,(H3,31,33,34,35)/t14-/m1/s1. The number of hydrogen-bond acceptors (Lipinski definition) is 10. The number of anilines is 2. The van der Waals surface area contributed by atoms with E-state index in [0.29, 0.717) is 10.1 Å². The number of aromatic nitrogens is 5. The summed E-state index contributed by atoms with van der Waals surface area (Å²) >= 11 is 1.18. The molecule has 0 saturated carbocycles. The molecule has 204 valence electrons. The number of ether oxygens (including phenoxy) is 1. The van der Waals surface area contributed by atoms with E-state index in [9.17, 15) is 13.6 Å². The van der Waals surface area contributed by atoms with Crippen LogP contribution in [0.3, 0.4) is 0 Å². The molecule has 1 aromatic carbocycles. The molecule has 4 N–H and O–H groups in total. The first-order chi connectivity index (χ1) is 19.1. The zero-order valence-corrected chi connectivity index (χ0v) is 22.5. The quantitative estimate of drug-likeness (QED) is 0.228. The highest BCUT2D eigenvalue weighted by molar-refractivity contribution is 7.15. The Morgan fingerprint density at radius 1 is 1.12 bits per heavy atom. The van der Waals surface area contributed by atoms with Crippen LogP contribution >= 0.6 is 11.3 Å². The molecule has 13 heteroatoms. The highest BCUT2D eigenvalue weighted by Gasteiger charge is 2.24. The normalized spacial score (nSPS) is 12.1. The third-order valence-corrected chi connectivity index (χ3v) is 6.79. The van der Waals surface area contributed by atoms with E-state index in [1.165, 1.54) is 54.2 Å². The molecule has 0 aliphatic heterocycles. The largest absolute Gasteiger partial charge is 0.467 e. The lowest BCUT2D eigenvalue weighted by Gasteiger charge is -2.20. The molecule has 0 spiro atoms. The molecule has 0 aliphatic rings. The van der Waals surface area contributed by atoms with Gasteiger partial charge >= 0.3 is 0 Å². The lowest BCUT2D eigenvalue weighted by Crippen LogP contribution is -2.24. The predicted molar refractivity (Wildman–Crippen MR) is 149 cm³/mol. The van der Waals surface area contributed by atoms with Gasteiger partial charge in [0.1, 0.15) is 35.2 Å². The minimum atomic E-state index is -0.692. The minimum absolute atomic E-state index is 0.0243. The van der Waals surface area contributed by atoms with E-state index >= 15 is 0 Å². The second kappa shape index (κ2) is 10.8. The lowest BCUT2D eigenvalue weighted by molar-refractivity contribution is 0.241. The molecular weight excluding hydrogens is 538 g/mol. The van der Waals surface area contributed by atoms with Crippen molar-refractivity contribution in [3.63, 3.8) is 0 Å². The fourth-order valence-corrected chi connectivity index (χ4v) is 4.98. The molecule has 0 unspecified atom stereocenters. The molecule has 5 rings (SSSR count). The van der Waals surface area contributed by atoms with Crippen LogP contribution in [0.2, 0.25) is 0 Å². The molecule has 0 fully saturated rings. The monoisotopic (exact) mass is 562 g/mol. The SMILES string of the molecule is CC(C)Oc1ncc(C(=N)c2c(N)ncnc2N[C@H](C)c2nc3ccc(F)cn3c(=O)c2-c2cccc(F)c2)s1. The molecule has 40 heavy (non-hydrogen) atoms. The minimum Gasteiger partial charge on any atom is -0.467 e. The average molecular weight is 563 g/mol. The van der Waals surface area contributed by atoms with Crippen LogP contribution in [-0.4, -0.2) is 36.2 Å². The second-order valence-corrected chi connectivity index (χ2v) is 10.1. The Labute approximate surface area is 231 Å². The van der Waals surface area contributed by atoms with Crippen LogP contribution < -0.4 is 21.3 Å². The van der Waals surface area contributed by atoms with Crippen LogP contribution in [0.1, 0.15) is 42.9 Å². The van der Waals surface area contributed by atoms with Crippen molar-refractivity contribution in [2.45, 2.75) is 32.9 Å². The van der Waals surface area contributed by atoms with Crippen LogP contribution in [-0.2, 0) is 0 Å². The molecule has 4 aromatic heterocycles. The van der Waals surface area contributed by atoms with Gasteiger partial charge in [0.25, 0.3) is 10.8 Å². The van der Waals surface area contributed by atoms with Gasteiger partial charge in [-0.25, -0.2) is 28.7 Å². The summed E-state index contributed by atoms with van der Waals surface area (Å²) in [4.78, 5) is 31.3. The van der Waals surface area contributed by atoms with Crippen molar-refractivity contribution in [1.82, 2.24) is 24.3 Å². The molecule has 5 aromatic rings. The number of nitrogens with zero attached hydrogens (tertiary/aromatic N) is 5. The van der Waals surface area contributed by atoms with Gasteiger partial charge < -0.3 is 15.8 Å². The third-order valence-electron chi connectivity index (χ3n) is 5.89. The highest BCUT2D eigenvalue weighted by Crippen LogP contribution is 2.31. The van der Waals surface area contributed by atoms with Crippen molar-refractivity contribution >= 4 is 34.3 Å². The first-order valence-electron chi connectivity index (χ1n) is 12.2. The van der Waals surface area contributed by atoms with Gasteiger partial charge in [0.2, 0.25) is 0 Å². The van der Waals surface area contributed by atoms with E-state index in [-0.39, 0.29) is 51.5 Å². The Balaban J connectivity index is 1.59. The lowest BCUT2D eigenvalue weighted by atomic mass is 10.0. The summed E-state index contributed by atoms with van der Waals surface area (Å²) in [5.74, 6) is -0.888. The smallest absolute Gasteiger partial charge is 0.274 e. The molecule has 0 saturated heterocycles. The summed E-state index contributed by atoms with van der Waals surface area (Å²) in [7, 11) is 0. The first-order valence-corrected chi connectivity index (χ1v) is 13.0. The van der Waals surface area contributed by atoms with Gasteiger partial charge in [0.15, 0.2) is 0 Å². The Hall–Kier alpha value is -4.78. The van der Waals surface area contributed by atoms with Gasteiger partial charge in [-0.1, -0.05) is 23.5 Å². The van der Waals surface area contributed by atoms with E-state index in [2.05, 4.69) is 25.3 Å². The van der Waals surface area contributed by atoms with Gasteiger partial charge in [-0.2, -0.15) is 0 Å². The predicted octanol–water partition coefficient (Wildman–Crippen LogP) is 4.84. The van der Waals surface area contributed by atoms with Crippen LogP contribution in [0.15, 0.2) is 59.9 Å². The summed E-state index contributed by atoms with van der Waals surface area (Å²) < 4.78 is 34.9. The fourth-order valence-electron chi connectivity index (χ4n) is 4.14. The van der Waals surface area contributed by atoms with Gasteiger partial charge in [-0.15, -0.1) is 0 Å². The number of halogens is 2. The number of nitrogens with two attached hydrogens (primary N) is 1. The number of thiazole rings is 1. The first kappa shape index (κ1) is 26.8. The Kier molecular flexibility index (Phi) is 7.22. The van der Waals surface area contributed by atoms with Crippen molar-refractivity contribution in [1.29, 1.82) is 5.41 Å². The van der Waals surface area contributed by atoms with E-state index < -0.39 is 23.2 Å². The van der Waals surface area contributed by atoms with Crippen molar-refractivity contribution in [3.05, 3.63) is 93.2 Å². The topological polar surface area (TPSA) is 144 Å². The Morgan fingerprint density at radius 3 is 2.67 bits per heavy atom. The van der Waals surface area contributed by atoms with Gasteiger partial charge in [-0.3, -0.25) is 14.6 Å². The number of rotatable bonds is 8. The Morgan fingerprint density at radius 2 is 1.93 bits per heavy atom. The number of nitrogen functional groups attached to an aromatic ring is 1.